The first-order valence-electron chi connectivity index (χ1n) is 5.87. The Hall–Kier alpha value is -0.0400. The van der Waals surface area contributed by atoms with Gasteiger partial charge in [0.1, 0.15) is 0 Å². The molecule has 1 heterocycles. The van der Waals surface area contributed by atoms with Crippen LogP contribution in [0, 0.1) is 16.2 Å². The van der Waals surface area contributed by atoms with Crippen molar-refractivity contribution in [1.29, 1.82) is 0 Å². The Bertz CT molecular complexity index is 186. The monoisotopic (exact) mass is 197 g/mol. The zero-order chi connectivity index (χ0) is 11.0. The first kappa shape index (κ1) is 12.0. The third kappa shape index (κ3) is 2.50. The highest BCUT2D eigenvalue weighted by atomic mass is 14.9. The van der Waals surface area contributed by atoms with E-state index in [1.807, 2.05) is 0 Å². The molecule has 14 heavy (non-hydrogen) atoms. The molecule has 1 aliphatic rings. The minimum absolute atomic E-state index is 0.420. The molecule has 1 rings (SSSR count). The van der Waals surface area contributed by atoms with Crippen LogP contribution in [0.25, 0.3) is 0 Å². The summed E-state index contributed by atoms with van der Waals surface area (Å²) in [4.78, 5) is 0. The van der Waals surface area contributed by atoms with E-state index in [1.165, 1.54) is 25.9 Å². The van der Waals surface area contributed by atoms with Crippen molar-refractivity contribution in [1.82, 2.24) is 5.32 Å². The van der Waals surface area contributed by atoms with E-state index in [0.29, 0.717) is 16.2 Å². The summed E-state index contributed by atoms with van der Waals surface area (Å²) in [5.41, 5.74) is 1.37. The van der Waals surface area contributed by atoms with Crippen molar-refractivity contribution in [2.75, 3.05) is 13.1 Å². The van der Waals surface area contributed by atoms with Crippen LogP contribution < -0.4 is 5.32 Å². The topological polar surface area (TPSA) is 12.0 Å². The fourth-order valence-electron chi connectivity index (χ4n) is 2.82. The molecule has 0 aromatic heterocycles. The Labute approximate surface area is 89.7 Å². The Morgan fingerprint density at radius 2 is 1.64 bits per heavy atom. The zero-order valence-corrected chi connectivity index (χ0v) is 10.8. The maximum absolute atomic E-state index is 3.54. The van der Waals surface area contributed by atoms with Crippen LogP contribution in [0.4, 0.5) is 0 Å². The lowest BCUT2D eigenvalue weighted by molar-refractivity contribution is 0.0556. The van der Waals surface area contributed by atoms with Crippen LogP contribution in [0.15, 0.2) is 0 Å². The van der Waals surface area contributed by atoms with E-state index in [9.17, 15) is 0 Å². The van der Waals surface area contributed by atoms with Crippen LogP contribution in [0.3, 0.4) is 0 Å². The van der Waals surface area contributed by atoms with E-state index in [-0.39, 0.29) is 0 Å². The molecule has 1 fully saturated rings. The third-order valence-corrected chi connectivity index (χ3v) is 3.70. The smallest absolute Gasteiger partial charge is 0.00135 e. The van der Waals surface area contributed by atoms with Crippen LogP contribution >= 0.6 is 0 Å². The minimum Gasteiger partial charge on any atom is -0.316 e. The Morgan fingerprint density at radius 3 is 1.93 bits per heavy atom. The van der Waals surface area contributed by atoms with Gasteiger partial charge in [-0.15, -0.1) is 0 Å². The van der Waals surface area contributed by atoms with E-state index in [2.05, 4.69) is 46.9 Å². The van der Waals surface area contributed by atoms with E-state index in [1.54, 1.807) is 0 Å². The summed E-state index contributed by atoms with van der Waals surface area (Å²) >= 11 is 0. The predicted octanol–water partition coefficient (Wildman–Crippen LogP) is 3.45. The van der Waals surface area contributed by atoms with E-state index < -0.39 is 0 Å². The molecule has 0 saturated carbocycles. The largest absolute Gasteiger partial charge is 0.316 e. The molecule has 0 aromatic rings. The molecule has 1 aliphatic heterocycles. The van der Waals surface area contributed by atoms with Gasteiger partial charge in [-0.25, -0.2) is 0 Å². The standard InChI is InChI=1S/C13H27N/c1-11(2,3)9-13(12(4,5)6)7-8-14-10-13/h14H,7-10H2,1-6H3. The van der Waals surface area contributed by atoms with Gasteiger partial charge in [-0.2, -0.15) is 0 Å². The number of hydrogen-bond acceptors (Lipinski definition) is 1. The average molecular weight is 197 g/mol. The quantitative estimate of drug-likeness (QED) is 0.679. The van der Waals surface area contributed by atoms with Crippen LogP contribution in [-0.4, -0.2) is 13.1 Å². The Balaban J connectivity index is 2.83. The maximum atomic E-state index is 3.54. The second-order valence-corrected chi connectivity index (χ2v) is 7.19. The molecule has 0 spiro atoms. The van der Waals surface area contributed by atoms with E-state index in [0.717, 1.165) is 0 Å². The molecule has 1 unspecified atom stereocenters. The minimum atomic E-state index is 0.420. The number of hydrogen-bond donors (Lipinski definition) is 1. The molecular formula is C13H27N. The van der Waals surface area contributed by atoms with Gasteiger partial charge in [0.05, 0.1) is 0 Å². The van der Waals surface area contributed by atoms with Gasteiger partial charge in [0, 0.05) is 6.54 Å². The SMILES string of the molecule is CC(C)(C)CC1(C(C)(C)C)CCNC1. The molecule has 0 bridgehead atoms. The summed E-state index contributed by atoms with van der Waals surface area (Å²) in [6.45, 7) is 16.7. The molecule has 1 saturated heterocycles. The fourth-order valence-corrected chi connectivity index (χ4v) is 2.82. The van der Waals surface area contributed by atoms with Gasteiger partial charge in [-0.05, 0) is 35.6 Å². The molecule has 1 atom stereocenters. The van der Waals surface area contributed by atoms with Gasteiger partial charge < -0.3 is 5.32 Å². The molecule has 0 radical (unpaired) electrons. The lowest BCUT2D eigenvalue weighted by Crippen LogP contribution is -2.40. The summed E-state index contributed by atoms with van der Waals surface area (Å²) in [5.74, 6) is 0. The van der Waals surface area contributed by atoms with Crippen LogP contribution in [0.5, 0.6) is 0 Å². The van der Waals surface area contributed by atoms with E-state index in [4.69, 9.17) is 0 Å². The van der Waals surface area contributed by atoms with Crippen molar-refractivity contribution in [2.45, 2.75) is 54.4 Å². The van der Waals surface area contributed by atoms with Crippen molar-refractivity contribution in [3.8, 4) is 0 Å². The van der Waals surface area contributed by atoms with Gasteiger partial charge >= 0.3 is 0 Å². The highest BCUT2D eigenvalue weighted by Crippen LogP contribution is 2.50. The Morgan fingerprint density at radius 1 is 1.07 bits per heavy atom. The molecule has 0 aromatic carbocycles. The zero-order valence-electron chi connectivity index (χ0n) is 10.8. The van der Waals surface area contributed by atoms with Crippen LogP contribution in [0.1, 0.15) is 54.4 Å². The van der Waals surface area contributed by atoms with Gasteiger partial charge in [-0.3, -0.25) is 0 Å². The molecule has 1 N–H and O–H groups in total. The Kier molecular flexibility index (Phi) is 3.02. The summed E-state index contributed by atoms with van der Waals surface area (Å²) in [7, 11) is 0. The van der Waals surface area contributed by atoms with Crippen molar-refractivity contribution in [3.05, 3.63) is 0 Å². The lowest BCUT2D eigenvalue weighted by Gasteiger charge is -2.45. The predicted molar refractivity (Wildman–Crippen MR) is 63.4 cm³/mol. The molecule has 84 valence electrons. The van der Waals surface area contributed by atoms with Gasteiger partial charge in [0.2, 0.25) is 0 Å². The highest BCUT2D eigenvalue weighted by molar-refractivity contribution is 4.98. The first-order valence-corrected chi connectivity index (χ1v) is 5.87. The molecule has 0 amide bonds. The normalized spacial score (nSPS) is 29.6. The molecular weight excluding hydrogens is 170 g/mol. The van der Waals surface area contributed by atoms with Crippen molar-refractivity contribution in [3.63, 3.8) is 0 Å². The van der Waals surface area contributed by atoms with Gasteiger partial charge in [0.25, 0.3) is 0 Å². The summed E-state index contributed by atoms with van der Waals surface area (Å²) < 4.78 is 0. The van der Waals surface area contributed by atoms with Gasteiger partial charge in [-0.1, -0.05) is 41.5 Å². The van der Waals surface area contributed by atoms with Crippen LogP contribution in [0.2, 0.25) is 0 Å². The molecule has 1 heteroatoms. The number of rotatable bonds is 1. The average Bonchev–Trinajstić information content (AvgIpc) is 2.31. The summed E-state index contributed by atoms with van der Waals surface area (Å²) in [6.07, 6.45) is 2.67. The number of nitrogens with one attached hydrogen (secondary N) is 1. The fraction of sp³-hybridized carbons (Fsp3) is 1.00. The maximum Gasteiger partial charge on any atom is 0.00135 e. The molecule has 0 aliphatic carbocycles. The van der Waals surface area contributed by atoms with Gasteiger partial charge in [0.15, 0.2) is 0 Å². The van der Waals surface area contributed by atoms with Crippen molar-refractivity contribution >= 4 is 0 Å². The highest BCUT2D eigenvalue weighted by Gasteiger charge is 2.45. The third-order valence-electron chi connectivity index (χ3n) is 3.70. The second kappa shape index (κ2) is 3.52. The first-order chi connectivity index (χ1) is 6.16. The summed E-state index contributed by atoms with van der Waals surface area (Å²) in [6, 6.07) is 0. The van der Waals surface area contributed by atoms with Crippen molar-refractivity contribution in [2.24, 2.45) is 16.2 Å². The van der Waals surface area contributed by atoms with Crippen LogP contribution in [-0.2, 0) is 0 Å². The van der Waals surface area contributed by atoms with Crippen molar-refractivity contribution < 1.29 is 0 Å². The lowest BCUT2D eigenvalue weighted by atomic mass is 9.60. The summed E-state index contributed by atoms with van der Waals surface area (Å²) in [5, 5.41) is 3.54. The molecule has 1 nitrogen and oxygen atoms in total. The van der Waals surface area contributed by atoms with E-state index >= 15 is 0 Å². The second-order valence-electron chi connectivity index (χ2n) is 7.19.